The molecule has 0 saturated heterocycles. The summed E-state index contributed by atoms with van der Waals surface area (Å²) in [4.78, 5) is 0. The van der Waals surface area contributed by atoms with Crippen LogP contribution in [0, 0.1) is 5.92 Å². The van der Waals surface area contributed by atoms with Crippen molar-refractivity contribution in [3.05, 3.63) is 29.8 Å². The average molecular weight is 163 g/mol. The van der Waals surface area contributed by atoms with Gasteiger partial charge in [0.1, 0.15) is 5.75 Å². The fourth-order valence-electron chi connectivity index (χ4n) is 1.48. The van der Waals surface area contributed by atoms with Crippen LogP contribution in [-0.4, -0.2) is 5.11 Å². The second-order valence-electron chi connectivity index (χ2n) is 3.42. The highest BCUT2D eigenvalue weighted by atomic mass is 16.3. The molecule has 0 aromatic heterocycles. The molecule has 0 radical (unpaired) electrons. The van der Waals surface area contributed by atoms with Gasteiger partial charge in [-0.1, -0.05) is 18.2 Å². The Hall–Kier alpha value is -1.02. The molecule has 1 saturated carbocycles. The minimum absolute atomic E-state index is 0.0335. The van der Waals surface area contributed by atoms with Gasteiger partial charge >= 0.3 is 0 Å². The molecule has 0 bridgehead atoms. The zero-order valence-corrected chi connectivity index (χ0v) is 6.90. The van der Waals surface area contributed by atoms with Crippen LogP contribution in [0.1, 0.15) is 24.4 Å². The summed E-state index contributed by atoms with van der Waals surface area (Å²) >= 11 is 0. The lowest BCUT2D eigenvalue weighted by Gasteiger charge is -2.11. The van der Waals surface area contributed by atoms with Crippen LogP contribution in [-0.2, 0) is 0 Å². The highest BCUT2D eigenvalue weighted by Gasteiger charge is 2.30. The molecule has 1 aromatic rings. The number of aromatic hydroxyl groups is 1. The van der Waals surface area contributed by atoms with Gasteiger partial charge in [-0.3, -0.25) is 0 Å². The third kappa shape index (κ3) is 1.30. The van der Waals surface area contributed by atoms with E-state index in [1.54, 1.807) is 6.07 Å². The summed E-state index contributed by atoms with van der Waals surface area (Å²) in [7, 11) is 0. The van der Waals surface area contributed by atoms with Crippen molar-refractivity contribution in [2.45, 2.75) is 18.9 Å². The van der Waals surface area contributed by atoms with Crippen LogP contribution in [0.4, 0.5) is 0 Å². The van der Waals surface area contributed by atoms with E-state index in [0.717, 1.165) is 5.56 Å². The second-order valence-corrected chi connectivity index (χ2v) is 3.42. The highest BCUT2D eigenvalue weighted by Crippen LogP contribution is 2.41. The fourth-order valence-corrected chi connectivity index (χ4v) is 1.48. The molecule has 0 unspecified atom stereocenters. The average Bonchev–Trinajstić information content (AvgIpc) is 2.86. The molecule has 12 heavy (non-hydrogen) atoms. The molecule has 1 aromatic carbocycles. The van der Waals surface area contributed by atoms with Crippen LogP contribution < -0.4 is 5.73 Å². The van der Waals surface area contributed by atoms with E-state index in [9.17, 15) is 5.11 Å². The minimum Gasteiger partial charge on any atom is -0.508 e. The zero-order chi connectivity index (χ0) is 8.55. The molecule has 0 spiro atoms. The molecule has 2 rings (SSSR count). The van der Waals surface area contributed by atoms with Gasteiger partial charge in [0, 0.05) is 11.6 Å². The Morgan fingerprint density at radius 1 is 1.33 bits per heavy atom. The van der Waals surface area contributed by atoms with Gasteiger partial charge in [-0.25, -0.2) is 0 Å². The van der Waals surface area contributed by atoms with Crippen molar-refractivity contribution in [3.63, 3.8) is 0 Å². The SMILES string of the molecule is N[C@@H](c1ccccc1O)C1CC1. The highest BCUT2D eigenvalue weighted by molar-refractivity contribution is 5.35. The van der Waals surface area contributed by atoms with E-state index in [-0.39, 0.29) is 6.04 Å². The van der Waals surface area contributed by atoms with Crippen molar-refractivity contribution < 1.29 is 5.11 Å². The van der Waals surface area contributed by atoms with E-state index in [4.69, 9.17) is 5.73 Å². The van der Waals surface area contributed by atoms with Crippen LogP contribution in [0.5, 0.6) is 5.75 Å². The lowest BCUT2D eigenvalue weighted by Crippen LogP contribution is -2.12. The number of rotatable bonds is 2. The third-order valence-corrected chi connectivity index (χ3v) is 2.43. The number of benzene rings is 1. The summed E-state index contributed by atoms with van der Waals surface area (Å²) in [5.41, 5.74) is 6.83. The molecular formula is C10H13NO. The monoisotopic (exact) mass is 163 g/mol. The number of hydrogen-bond donors (Lipinski definition) is 2. The molecule has 1 fully saturated rings. The number of para-hydroxylation sites is 1. The van der Waals surface area contributed by atoms with Gasteiger partial charge in [0.25, 0.3) is 0 Å². The predicted octanol–water partition coefficient (Wildman–Crippen LogP) is 1.80. The van der Waals surface area contributed by atoms with Crippen molar-refractivity contribution in [3.8, 4) is 5.75 Å². The van der Waals surface area contributed by atoms with Gasteiger partial charge in [0.2, 0.25) is 0 Å². The van der Waals surface area contributed by atoms with Crippen LogP contribution in [0.25, 0.3) is 0 Å². The summed E-state index contributed by atoms with van der Waals surface area (Å²) in [5, 5.41) is 9.48. The second kappa shape index (κ2) is 2.79. The molecular weight excluding hydrogens is 150 g/mol. The molecule has 0 aliphatic heterocycles. The quantitative estimate of drug-likeness (QED) is 0.698. The van der Waals surface area contributed by atoms with Crippen molar-refractivity contribution in [2.75, 3.05) is 0 Å². The number of phenolic OH excluding ortho intramolecular Hbond substituents is 1. The molecule has 1 atom stereocenters. The van der Waals surface area contributed by atoms with Crippen molar-refractivity contribution in [2.24, 2.45) is 11.7 Å². The molecule has 1 aliphatic carbocycles. The first-order chi connectivity index (χ1) is 5.79. The largest absolute Gasteiger partial charge is 0.508 e. The van der Waals surface area contributed by atoms with Gasteiger partial charge in [0.05, 0.1) is 0 Å². The smallest absolute Gasteiger partial charge is 0.120 e. The molecule has 64 valence electrons. The first-order valence-electron chi connectivity index (χ1n) is 4.32. The molecule has 2 heteroatoms. The number of nitrogens with two attached hydrogens (primary N) is 1. The zero-order valence-electron chi connectivity index (χ0n) is 6.90. The summed E-state index contributed by atoms with van der Waals surface area (Å²) in [5.74, 6) is 0.926. The van der Waals surface area contributed by atoms with E-state index in [1.165, 1.54) is 12.8 Å². The van der Waals surface area contributed by atoms with E-state index in [1.807, 2.05) is 18.2 Å². The Balaban J connectivity index is 2.25. The molecule has 1 aliphatic rings. The third-order valence-electron chi connectivity index (χ3n) is 2.43. The molecule has 0 heterocycles. The number of phenols is 1. The maximum atomic E-state index is 9.48. The summed E-state index contributed by atoms with van der Waals surface area (Å²) < 4.78 is 0. The number of hydrogen-bond acceptors (Lipinski definition) is 2. The Morgan fingerprint density at radius 3 is 2.58 bits per heavy atom. The Morgan fingerprint density at radius 2 is 2.00 bits per heavy atom. The topological polar surface area (TPSA) is 46.2 Å². The van der Waals surface area contributed by atoms with Crippen molar-refractivity contribution in [1.29, 1.82) is 0 Å². The molecule has 2 nitrogen and oxygen atoms in total. The van der Waals surface area contributed by atoms with Crippen LogP contribution in [0.15, 0.2) is 24.3 Å². The van der Waals surface area contributed by atoms with Gasteiger partial charge < -0.3 is 10.8 Å². The van der Waals surface area contributed by atoms with Crippen LogP contribution in [0.2, 0.25) is 0 Å². The maximum Gasteiger partial charge on any atom is 0.120 e. The van der Waals surface area contributed by atoms with Gasteiger partial charge in [-0.2, -0.15) is 0 Å². The Labute approximate surface area is 72.0 Å². The first-order valence-corrected chi connectivity index (χ1v) is 4.32. The minimum atomic E-state index is 0.0335. The van der Waals surface area contributed by atoms with Gasteiger partial charge in [-0.05, 0) is 24.8 Å². The lowest BCUT2D eigenvalue weighted by atomic mass is 10.0. The van der Waals surface area contributed by atoms with Gasteiger partial charge in [-0.15, -0.1) is 0 Å². The van der Waals surface area contributed by atoms with E-state index >= 15 is 0 Å². The Kier molecular flexibility index (Phi) is 1.77. The van der Waals surface area contributed by atoms with E-state index in [2.05, 4.69) is 0 Å². The van der Waals surface area contributed by atoms with E-state index in [0.29, 0.717) is 11.7 Å². The Bertz CT molecular complexity index is 281. The van der Waals surface area contributed by atoms with E-state index < -0.39 is 0 Å². The maximum absolute atomic E-state index is 9.48. The lowest BCUT2D eigenvalue weighted by molar-refractivity contribution is 0.456. The summed E-state index contributed by atoms with van der Waals surface area (Å²) in [6.45, 7) is 0. The van der Waals surface area contributed by atoms with Crippen LogP contribution in [0.3, 0.4) is 0 Å². The first kappa shape index (κ1) is 7.62. The normalized spacial score (nSPS) is 19.1. The molecule has 0 amide bonds. The molecule has 3 N–H and O–H groups in total. The fraction of sp³-hybridized carbons (Fsp3) is 0.400. The summed E-state index contributed by atoms with van der Waals surface area (Å²) in [6.07, 6.45) is 2.41. The summed E-state index contributed by atoms with van der Waals surface area (Å²) in [6, 6.07) is 7.36. The van der Waals surface area contributed by atoms with Gasteiger partial charge in [0.15, 0.2) is 0 Å². The predicted molar refractivity (Wildman–Crippen MR) is 47.8 cm³/mol. The van der Waals surface area contributed by atoms with Crippen molar-refractivity contribution in [1.82, 2.24) is 0 Å². The van der Waals surface area contributed by atoms with Crippen molar-refractivity contribution >= 4 is 0 Å². The van der Waals surface area contributed by atoms with Crippen LogP contribution >= 0.6 is 0 Å². The standard InChI is InChI=1S/C10H13NO/c11-10(7-5-6-7)8-3-1-2-4-9(8)12/h1-4,7,10,12H,5-6,11H2/t10-/m1/s1.